The summed E-state index contributed by atoms with van der Waals surface area (Å²) in [6, 6.07) is 10.8. The zero-order chi connectivity index (χ0) is 15.5. The number of nitrogens with zero attached hydrogens (tertiary/aromatic N) is 1. The Balaban J connectivity index is 1.64. The third-order valence-electron chi connectivity index (χ3n) is 3.88. The summed E-state index contributed by atoms with van der Waals surface area (Å²) in [5.41, 5.74) is 1.51. The predicted molar refractivity (Wildman–Crippen MR) is 82.3 cm³/mol. The molecule has 1 aromatic carbocycles. The molecule has 3 rings (SSSR count). The summed E-state index contributed by atoms with van der Waals surface area (Å²) in [4.78, 5) is 25.7. The van der Waals surface area contributed by atoms with Crippen molar-refractivity contribution in [2.24, 2.45) is 0 Å². The molecule has 0 radical (unpaired) electrons. The fourth-order valence-electron chi connectivity index (χ4n) is 2.67. The van der Waals surface area contributed by atoms with Crippen molar-refractivity contribution >= 4 is 11.8 Å². The highest BCUT2D eigenvalue weighted by Crippen LogP contribution is 2.20. The minimum absolute atomic E-state index is 0.0981. The lowest BCUT2D eigenvalue weighted by molar-refractivity contribution is -0.127. The molecular formula is C17H18N2O3. The molecular weight excluding hydrogens is 280 g/mol. The highest BCUT2D eigenvalue weighted by atomic mass is 16.3. The second-order valence-corrected chi connectivity index (χ2v) is 5.36. The summed E-state index contributed by atoms with van der Waals surface area (Å²) >= 11 is 0. The maximum atomic E-state index is 12.2. The minimum Gasteiger partial charge on any atom is -0.464 e. The van der Waals surface area contributed by atoms with Crippen LogP contribution in [-0.2, 0) is 4.79 Å². The molecule has 2 amide bonds. The maximum absolute atomic E-state index is 12.2. The van der Waals surface area contributed by atoms with Gasteiger partial charge in [-0.3, -0.25) is 9.59 Å². The van der Waals surface area contributed by atoms with E-state index in [0.717, 1.165) is 11.3 Å². The van der Waals surface area contributed by atoms with Crippen molar-refractivity contribution in [3.8, 4) is 11.3 Å². The van der Waals surface area contributed by atoms with Crippen LogP contribution < -0.4 is 5.32 Å². The number of benzene rings is 1. The van der Waals surface area contributed by atoms with E-state index in [2.05, 4.69) is 5.32 Å². The average molecular weight is 298 g/mol. The van der Waals surface area contributed by atoms with E-state index in [1.165, 1.54) is 0 Å². The number of carbonyl (C=O) groups is 2. The van der Waals surface area contributed by atoms with Gasteiger partial charge in [0, 0.05) is 30.6 Å². The van der Waals surface area contributed by atoms with Crippen molar-refractivity contribution in [3.05, 3.63) is 48.2 Å². The van der Waals surface area contributed by atoms with Crippen LogP contribution in [0.5, 0.6) is 0 Å². The summed E-state index contributed by atoms with van der Waals surface area (Å²) in [7, 11) is 0. The van der Waals surface area contributed by atoms with E-state index in [0.29, 0.717) is 25.1 Å². The highest BCUT2D eigenvalue weighted by Gasteiger charge is 2.29. The smallest absolute Gasteiger partial charge is 0.251 e. The van der Waals surface area contributed by atoms with E-state index in [1.807, 2.05) is 31.2 Å². The van der Waals surface area contributed by atoms with Crippen LogP contribution in [0.25, 0.3) is 11.3 Å². The number of amides is 2. The molecule has 5 heteroatoms. The SMILES string of the molecule is CCN1C[C@H](NC(=O)c2ccc(-c3ccco3)cc2)CC1=O. The fourth-order valence-corrected chi connectivity index (χ4v) is 2.67. The van der Waals surface area contributed by atoms with Crippen LogP contribution in [0.1, 0.15) is 23.7 Å². The quantitative estimate of drug-likeness (QED) is 0.942. The van der Waals surface area contributed by atoms with Crippen LogP contribution in [0.4, 0.5) is 0 Å². The minimum atomic E-state index is -0.151. The zero-order valence-corrected chi connectivity index (χ0v) is 12.4. The third-order valence-corrected chi connectivity index (χ3v) is 3.88. The highest BCUT2D eigenvalue weighted by molar-refractivity contribution is 5.95. The van der Waals surface area contributed by atoms with Gasteiger partial charge >= 0.3 is 0 Å². The van der Waals surface area contributed by atoms with E-state index < -0.39 is 0 Å². The molecule has 22 heavy (non-hydrogen) atoms. The monoisotopic (exact) mass is 298 g/mol. The van der Waals surface area contributed by atoms with Crippen LogP contribution in [0.3, 0.4) is 0 Å². The molecule has 0 unspecified atom stereocenters. The number of nitrogens with one attached hydrogen (secondary N) is 1. The summed E-state index contributed by atoms with van der Waals surface area (Å²) in [6.07, 6.45) is 2.00. The van der Waals surface area contributed by atoms with E-state index in [9.17, 15) is 9.59 Å². The van der Waals surface area contributed by atoms with Crippen LogP contribution in [0, 0.1) is 0 Å². The van der Waals surface area contributed by atoms with Crippen molar-refractivity contribution in [3.63, 3.8) is 0 Å². The molecule has 1 aliphatic rings. The molecule has 1 aliphatic heterocycles. The Hall–Kier alpha value is -2.56. The van der Waals surface area contributed by atoms with Crippen molar-refractivity contribution in [1.82, 2.24) is 10.2 Å². The number of likely N-dealkylation sites (tertiary alicyclic amines) is 1. The van der Waals surface area contributed by atoms with Crippen LogP contribution in [0.15, 0.2) is 47.1 Å². The van der Waals surface area contributed by atoms with Crippen molar-refractivity contribution in [1.29, 1.82) is 0 Å². The summed E-state index contributed by atoms with van der Waals surface area (Å²) < 4.78 is 5.32. The number of hydrogen-bond donors (Lipinski definition) is 1. The molecule has 5 nitrogen and oxygen atoms in total. The van der Waals surface area contributed by atoms with Gasteiger partial charge in [-0.25, -0.2) is 0 Å². The largest absolute Gasteiger partial charge is 0.464 e. The first kappa shape index (κ1) is 14.4. The number of likely N-dealkylation sites (N-methyl/N-ethyl adjacent to an activating group) is 1. The van der Waals surface area contributed by atoms with Gasteiger partial charge in [0.05, 0.1) is 12.3 Å². The third kappa shape index (κ3) is 2.88. The Bertz CT molecular complexity index is 662. The Kier molecular flexibility index (Phi) is 3.96. The van der Waals surface area contributed by atoms with E-state index >= 15 is 0 Å². The Morgan fingerprint density at radius 2 is 2.09 bits per heavy atom. The predicted octanol–water partition coefficient (Wildman–Crippen LogP) is 2.30. The van der Waals surface area contributed by atoms with Crippen molar-refractivity contribution in [2.75, 3.05) is 13.1 Å². The lowest BCUT2D eigenvalue weighted by Gasteiger charge is -2.14. The van der Waals surface area contributed by atoms with Gasteiger partial charge in [0.25, 0.3) is 5.91 Å². The van der Waals surface area contributed by atoms with Crippen molar-refractivity contribution in [2.45, 2.75) is 19.4 Å². The Morgan fingerprint density at radius 1 is 1.32 bits per heavy atom. The zero-order valence-electron chi connectivity index (χ0n) is 12.4. The molecule has 1 N–H and O–H groups in total. The Morgan fingerprint density at radius 3 is 2.68 bits per heavy atom. The van der Waals surface area contributed by atoms with Gasteiger partial charge in [-0.1, -0.05) is 12.1 Å². The topological polar surface area (TPSA) is 62.6 Å². The van der Waals surface area contributed by atoms with Gasteiger partial charge in [-0.2, -0.15) is 0 Å². The van der Waals surface area contributed by atoms with Gasteiger partial charge in [0.1, 0.15) is 5.76 Å². The summed E-state index contributed by atoms with van der Waals surface area (Å²) in [6.45, 7) is 3.21. The molecule has 2 aromatic rings. The molecule has 2 heterocycles. The lowest BCUT2D eigenvalue weighted by atomic mass is 10.1. The van der Waals surface area contributed by atoms with Crippen LogP contribution in [0.2, 0.25) is 0 Å². The first-order valence-electron chi connectivity index (χ1n) is 7.40. The van der Waals surface area contributed by atoms with Gasteiger partial charge in [-0.15, -0.1) is 0 Å². The van der Waals surface area contributed by atoms with Gasteiger partial charge in [0.2, 0.25) is 5.91 Å². The van der Waals surface area contributed by atoms with Crippen molar-refractivity contribution < 1.29 is 14.0 Å². The summed E-state index contributed by atoms with van der Waals surface area (Å²) in [5, 5.41) is 2.92. The number of hydrogen-bond acceptors (Lipinski definition) is 3. The first-order chi connectivity index (χ1) is 10.7. The number of furan rings is 1. The standard InChI is InChI=1S/C17H18N2O3/c1-2-19-11-14(10-16(19)20)18-17(21)13-7-5-12(6-8-13)15-4-3-9-22-15/h3-9,14H,2,10-11H2,1H3,(H,18,21)/t14-/m1/s1. The summed E-state index contributed by atoms with van der Waals surface area (Å²) in [5.74, 6) is 0.717. The molecule has 0 aliphatic carbocycles. The molecule has 1 fully saturated rings. The van der Waals surface area contributed by atoms with Gasteiger partial charge in [-0.05, 0) is 31.2 Å². The van der Waals surface area contributed by atoms with Crippen LogP contribution in [-0.4, -0.2) is 35.8 Å². The van der Waals surface area contributed by atoms with E-state index in [4.69, 9.17) is 4.42 Å². The van der Waals surface area contributed by atoms with Crippen LogP contribution >= 0.6 is 0 Å². The number of rotatable bonds is 4. The Labute approximate surface area is 128 Å². The fraction of sp³-hybridized carbons (Fsp3) is 0.294. The molecule has 1 aromatic heterocycles. The molecule has 114 valence electrons. The van der Waals surface area contributed by atoms with E-state index in [-0.39, 0.29) is 17.9 Å². The molecule has 0 spiro atoms. The number of carbonyl (C=O) groups excluding carboxylic acids is 2. The molecule has 0 bridgehead atoms. The average Bonchev–Trinajstić information content (AvgIpc) is 3.17. The second-order valence-electron chi connectivity index (χ2n) is 5.36. The maximum Gasteiger partial charge on any atom is 0.251 e. The van der Waals surface area contributed by atoms with E-state index in [1.54, 1.807) is 23.3 Å². The van der Waals surface area contributed by atoms with Gasteiger partial charge < -0.3 is 14.6 Å². The van der Waals surface area contributed by atoms with Gasteiger partial charge in [0.15, 0.2) is 0 Å². The first-order valence-corrected chi connectivity index (χ1v) is 7.40. The lowest BCUT2D eigenvalue weighted by Crippen LogP contribution is -2.37. The molecule has 1 saturated heterocycles. The molecule has 0 saturated carbocycles. The normalized spacial score (nSPS) is 17.8. The second kappa shape index (κ2) is 6.05. The molecule has 1 atom stereocenters.